The highest BCUT2D eigenvalue weighted by molar-refractivity contribution is 5.80. The molecule has 0 radical (unpaired) electrons. The number of likely N-dealkylation sites (tertiary alicyclic amines) is 1. The first-order valence-corrected chi connectivity index (χ1v) is 9.59. The number of hydrogen-bond acceptors (Lipinski definition) is 3. The van der Waals surface area contributed by atoms with Gasteiger partial charge < -0.3 is 14.8 Å². The van der Waals surface area contributed by atoms with Crippen LogP contribution in [0.25, 0.3) is 0 Å². The van der Waals surface area contributed by atoms with Crippen molar-refractivity contribution in [2.75, 3.05) is 20.1 Å². The van der Waals surface area contributed by atoms with Gasteiger partial charge in [-0.15, -0.1) is 10.2 Å². The van der Waals surface area contributed by atoms with Crippen molar-refractivity contribution in [2.45, 2.75) is 44.1 Å². The van der Waals surface area contributed by atoms with Gasteiger partial charge in [0.25, 0.3) is 0 Å². The fourth-order valence-corrected chi connectivity index (χ4v) is 4.70. The average molecular weight is 352 g/mol. The molecular weight excluding hydrogens is 324 g/mol. The first-order chi connectivity index (χ1) is 12.7. The molecule has 1 unspecified atom stereocenters. The van der Waals surface area contributed by atoms with Crippen LogP contribution >= 0.6 is 0 Å². The molecule has 2 heterocycles. The fraction of sp³-hybridized carbons (Fsp3) is 0.550. The Balaban J connectivity index is 1.52. The SMILES string of the molecule is CN=C(NCc1nncn1C)N1CCCC2(CCCc3ccccc32)C1. The van der Waals surface area contributed by atoms with Crippen molar-refractivity contribution >= 4 is 5.96 Å². The highest BCUT2D eigenvalue weighted by Gasteiger charge is 2.40. The van der Waals surface area contributed by atoms with E-state index in [0.29, 0.717) is 6.54 Å². The maximum absolute atomic E-state index is 4.55. The lowest BCUT2D eigenvalue weighted by Gasteiger charge is -2.47. The summed E-state index contributed by atoms with van der Waals surface area (Å²) in [6.45, 7) is 2.74. The van der Waals surface area contributed by atoms with Crippen molar-refractivity contribution in [1.82, 2.24) is 25.0 Å². The summed E-state index contributed by atoms with van der Waals surface area (Å²) in [5, 5.41) is 11.6. The normalized spacial score (nSPS) is 23.2. The zero-order chi connectivity index (χ0) is 18.0. The van der Waals surface area contributed by atoms with Crippen LogP contribution in [0.15, 0.2) is 35.6 Å². The molecule has 1 N–H and O–H groups in total. The van der Waals surface area contributed by atoms with Crippen LogP contribution in [0.3, 0.4) is 0 Å². The van der Waals surface area contributed by atoms with Gasteiger partial charge in [-0.2, -0.15) is 0 Å². The summed E-state index contributed by atoms with van der Waals surface area (Å²) in [5.41, 5.74) is 3.39. The van der Waals surface area contributed by atoms with Crippen molar-refractivity contribution in [3.05, 3.63) is 47.5 Å². The van der Waals surface area contributed by atoms with Gasteiger partial charge in [0.15, 0.2) is 11.8 Å². The van der Waals surface area contributed by atoms with E-state index < -0.39 is 0 Å². The first kappa shape index (κ1) is 17.1. The molecule has 1 aromatic heterocycles. The molecule has 6 nitrogen and oxygen atoms in total. The summed E-state index contributed by atoms with van der Waals surface area (Å²) in [6, 6.07) is 9.05. The zero-order valence-electron chi connectivity index (χ0n) is 15.8. The van der Waals surface area contributed by atoms with Gasteiger partial charge in [-0.3, -0.25) is 4.99 Å². The molecular formula is C20H28N6. The molecule has 6 heteroatoms. The van der Waals surface area contributed by atoms with E-state index in [-0.39, 0.29) is 5.41 Å². The van der Waals surface area contributed by atoms with E-state index >= 15 is 0 Å². The van der Waals surface area contributed by atoms with E-state index in [1.807, 2.05) is 18.7 Å². The molecule has 2 aliphatic rings. The third-order valence-electron chi connectivity index (χ3n) is 5.99. The molecule has 2 aromatic rings. The molecule has 1 aromatic carbocycles. The Labute approximate surface area is 155 Å². The van der Waals surface area contributed by atoms with E-state index in [2.05, 4.69) is 49.7 Å². The second-order valence-electron chi connectivity index (χ2n) is 7.57. The molecule has 1 spiro atoms. The maximum atomic E-state index is 4.55. The fourth-order valence-electron chi connectivity index (χ4n) is 4.70. The van der Waals surface area contributed by atoms with Crippen molar-refractivity contribution in [3.8, 4) is 0 Å². The van der Waals surface area contributed by atoms with Crippen LogP contribution in [0.4, 0.5) is 0 Å². The predicted molar refractivity (Wildman–Crippen MR) is 103 cm³/mol. The number of aromatic nitrogens is 3. The number of aryl methyl sites for hydroxylation is 2. The summed E-state index contributed by atoms with van der Waals surface area (Å²) >= 11 is 0. The van der Waals surface area contributed by atoms with Crippen molar-refractivity contribution < 1.29 is 0 Å². The highest BCUT2D eigenvalue weighted by Crippen LogP contribution is 2.43. The van der Waals surface area contributed by atoms with Gasteiger partial charge in [-0.05, 0) is 43.2 Å². The lowest BCUT2D eigenvalue weighted by molar-refractivity contribution is 0.188. The molecule has 4 rings (SSSR count). The topological polar surface area (TPSA) is 58.3 Å². The Kier molecular flexibility index (Phi) is 4.66. The predicted octanol–water partition coefficient (Wildman–Crippen LogP) is 2.26. The van der Waals surface area contributed by atoms with Crippen LogP contribution in [0.5, 0.6) is 0 Å². The number of aliphatic imine (C=N–C) groups is 1. The van der Waals surface area contributed by atoms with Gasteiger partial charge in [0, 0.05) is 32.6 Å². The first-order valence-electron chi connectivity index (χ1n) is 9.59. The van der Waals surface area contributed by atoms with Crippen LogP contribution in [0.2, 0.25) is 0 Å². The quantitative estimate of drug-likeness (QED) is 0.665. The maximum Gasteiger partial charge on any atom is 0.194 e. The summed E-state index contributed by atoms with van der Waals surface area (Å²) < 4.78 is 1.94. The Morgan fingerprint density at radius 3 is 2.92 bits per heavy atom. The van der Waals surface area contributed by atoms with Crippen LogP contribution in [-0.2, 0) is 25.4 Å². The second-order valence-corrected chi connectivity index (χ2v) is 7.57. The van der Waals surface area contributed by atoms with Gasteiger partial charge in [-0.25, -0.2) is 0 Å². The Hall–Kier alpha value is -2.37. The van der Waals surface area contributed by atoms with Gasteiger partial charge >= 0.3 is 0 Å². The molecule has 1 aliphatic carbocycles. The summed E-state index contributed by atoms with van der Waals surface area (Å²) in [5.74, 6) is 1.89. The molecule has 0 amide bonds. The van der Waals surface area contributed by atoms with Gasteiger partial charge in [-0.1, -0.05) is 24.3 Å². The number of nitrogens with one attached hydrogen (secondary N) is 1. The van der Waals surface area contributed by atoms with Crippen LogP contribution < -0.4 is 5.32 Å². The minimum atomic E-state index is 0.273. The number of guanidine groups is 1. The number of nitrogens with zero attached hydrogens (tertiary/aromatic N) is 5. The second kappa shape index (κ2) is 7.09. The molecule has 26 heavy (non-hydrogen) atoms. The third-order valence-corrected chi connectivity index (χ3v) is 5.99. The van der Waals surface area contributed by atoms with E-state index in [1.165, 1.54) is 32.1 Å². The zero-order valence-corrected chi connectivity index (χ0v) is 15.8. The molecule has 0 saturated carbocycles. The minimum absolute atomic E-state index is 0.273. The number of fused-ring (bicyclic) bond motifs is 2. The van der Waals surface area contributed by atoms with Gasteiger partial charge in [0.2, 0.25) is 0 Å². The lowest BCUT2D eigenvalue weighted by atomic mass is 9.66. The number of hydrogen-bond donors (Lipinski definition) is 1. The number of piperidine rings is 1. The Bertz CT molecular complexity index is 795. The highest BCUT2D eigenvalue weighted by atomic mass is 15.3. The number of rotatable bonds is 2. The van der Waals surface area contributed by atoms with Crippen molar-refractivity contribution in [1.29, 1.82) is 0 Å². The molecule has 1 aliphatic heterocycles. The van der Waals surface area contributed by atoms with Gasteiger partial charge in [0.05, 0.1) is 6.54 Å². The third kappa shape index (κ3) is 3.08. The Morgan fingerprint density at radius 1 is 1.27 bits per heavy atom. The standard InChI is InChI=1S/C20H28N6/c1-21-19(22-13-18-24-23-15-25(18)2)26-12-6-11-20(14-26)10-5-8-16-7-3-4-9-17(16)20/h3-4,7,9,15H,5-6,8,10-14H2,1-2H3,(H,21,22). The van der Waals surface area contributed by atoms with Crippen LogP contribution in [0.1, 0.15) is 42.6 Å². The minimum Gasteiger partial charge on any atom is -0.349 e. The van der Waals surface area contributed by atoms with Crippen molar-refractivity contribution in [2.24, 2.45) is 12.0 Å². The Morgan fingerprint density at radius 2 is 2.12 bits per heavy atom. The monoisotopic (exact) mass is 352 g/mol. The van der Waals surface area contributed by atoms with E-state index in [0.717, 1.165) is 24.9 Å². The molecule has 1 atom stereocenters. The molecule has 0 bridgehead atoms. The molecule has 1 saturated heterocycles. The van der Waals surface area contributed by atoms with E-state index in [1.54, 1.807) is 17.5 Å². The summed E-state index contributed by atoms with van der Waals surface area (Å²) in [6.07, 6.45) is 8.00. The van der Waals surface area contributed by atoms with E-state index in [4.69, 9.17) is 0 Å². The van der Waals surface area contributed by atoms with E-state index in [9.17, 15) is 0 Å². The smallest absolute Gasteiger partial charge is 0.194 e. The van der Waals surface area contributed by atoms with Crippen molar-refractivity contribution in [3.63, 3.8) is 0 Å². The summed E-state index contributed by atoms with van der Waals surface area (Å²) in [4.78, 5) is 6.98. The molecule has 138 valence electrons. The van der Waals surface area contributed by atoms with Crippen LogP contribution in [-0.4, -0.2) is 45.8 Å². The summed E-state index contributed by atoms with van der Waals surface area (Å²) in [7, 11) is 3.84. The molecule has 1 fully saturated rings. The number of benzene rings is 1. The lowest BCUT2D eigenvalue weighted by Crippen LogP contribution is -2.53. The average Bonchev–Trinajstić information content (AvgIpc) is 3.08. The largest absolute Gasteiger partial charge is 0.349 e. The van der Waals surface area contributed by atoms with Gasteiger partial charge in [0.1, 0.15) is 6.33 Å². The van der Waals surface area contributed by atoms with Crippen LogP contribution in [0, 0.1) is 0 Å².